The lowest BCUT2D eigenvalue weighted by atomic mass is 10.2. The van der Waals surface area contributed by atoms with E-state index in [2.05, 4.69) is 18.2 Å². The highest BCUT2D eigenvalue weighted by atomic mass is 16.5. The van der Waals surface area contributed by atoms with Crippen molar-refractivity contribution in [3.8, 4) is 0 Å². The Kier molecular flexibility index (Phi) is 7.06. The zero-order valence-corrected chi connectivity index (χ0v) is 9.64. The molecule has 0 rings (SSSR count). The fraction of sp³-hybridized carbons (Fsp3) is 0.417. The largest absolute Gasteiger partial charge is 0.466 e. The first-order valence-electron chi connectivity index (χ1n) is 4.85. The molecule has 0 saturated carbocycles. The third-order valence-corrected chi connectivity index (χ3v) is 1.86. The van der Waals surface area contributed by atoms with Crippen LogP contribution < -0.4 is 0 Å². The molecular weight excluding hydrogens is 190 g/mol. The Hall–Kier alpha value is -1.51. The monoisotopic (exact) mass is 209 g/mol. The molecule has 0 radical (unpaired) electrons. The number of carbonyl (C=O) groups excluding carboxylic acids is 1. The highest BCUT2D eigenvalue weighted by Gasteiger charge is 1.92. The van der Waals surface area contributed by atoms with Crippen molar-refractivity contribution in [1.82, 2.24) is 4.90 Å². The maximum absolute atomic E-state index is 10.7. The van der Waals surface area contributed by atoms with Crippen LogP contribution in [0, 0.1) is 5.92 Å². The Balaban J connectivity index is 3.88. The van der Waals surface area contributed by atoms with E-state index in [-0.39, 0.29) is 5.97 Å². The number of methoxy groups -OCH3 is 1. The van der Waals surface area contributed by atoms with Gasteiger partial charge in [0.05, 0.1) is 7.11 Å². The van der Waals surface area contributed by atoms with Crippen LogP contribution in [0.2, 0.25) is 0 Å². The Bertz CT molecular complexity index is 256. The van der Waals surface area contributed by atoms with Gasteiger partial charge < -0.3 is 9.64 Å². The second-order valence-corrected chi connectivity index (χ2v) is 3.30. The molecule has 3 nitrogen and oxygen atoms in total. The number of carbonyl (C=O) groups is 1. The topological polar surface area (TPSA) is 29.5 Å². The number of nitrogens with zero attached hydrogens (tertiary/aromatic N) is 1. The molecule has 15 heavy (non-hydrogen) atoms. The summed E-state index contributed by atoms with van der Waals surface area (Å²) in [7, 11) is 3.30. The van der Waals surface area contributed by atoms with E-state index in [1.165, 1.54) is 13.2 Å². The van der Waals surface area contributed by atoms with Crippen molar-refractivity contribution >= 4 is 5.97 Å². The second-order valence-electron chi connectivity index (χ2n) is 3.30. The predicted molar refractivity (Wildman–Crippen MR) is 62.3 cm³/mol. The van der Waals surface area contributed by atoms with Gasteiger partial charge in [-0.05, 0) is 12.1 Å². The van der Waals surface area contributed by atoms with Crippen LogP contribution in [0.15, 0.2) is 37.1 Å². The van der Waals surface area contributed by atoms with Crippen LogP contribution in [0.5, 0.6) is 0 Å². The van der Waals surface area contributed by atoms with Crippen LogP contribution in [-0.4, -0.2) is 31.6 Å². The number of allylic oxidation sites excluding steroid dienone is 2. The Labute approximate surface area is 91.7 Å². The van der Waals surface area contributed by atoms with E-state index in [1.807, 2.05) is 30.3 Å². The summed E-state index contributed by atoms with van der Waals surface area (Å²) in [6.07, 6.45) is 9.05. The molecule has 0 saturated heterocycles. The first kappa shape index (κ1) is 13.5. The van der Waals surface area contributed by atoms with Crippen molar-refractivity contribution in [3.05, 3.63) is 37.1 Å². The van der Waals surface area contributed by atoms with E-state index in [1.54, 1.807) is 6.08 Å². The molecule has 0 heterocycles. The molecule has 0 aromatic carbocycles. The van der Waals surface area contributed by atoms with Gasteiger partial charge in [0.1, 0.15) is 0 Å². The van der Waals surface area contributed by atoms with Crippen LogP contribution in [0.25, 0.3) is 0 Å². The lowest BCUT2D eigenvalue weighted by molar-refractivity contribution is -0.134. The summed E-state index contributed by atoms with van der Waals surface area (Å²) >= 11 is 0. The summed E-state index contributed by atoms with van der Waals surface area (Å²) in [5, 5.41) is 0. The van der Waals surface area contributed by atoms with Crippen molar-refractivity contribution in [2.24, 2.45) is 5.92 Å². The molecule has 0 aliphatic rings. The zero-order chi connectivity index (χ0) is 11.7. The van der Waals surface area contributed by atoms with Gasteiger partial charge in [-0.2, -0.15) is 0 Å². The molecule has 0 aromatic heterocycles. The molecule has 0 spiro atoms. The quantitative estimate of drug-likeness (QED) is 0.380. The summed E-state index contributed by atoms with van der Waals surface area (Å²) in [4.78, 5) is 12.7. The molecule has 0 aliphatic carbocycles. The van der Waals surface area contributed by atoms with Crippen LogP contribution in [0.3, 0.4) is 0 Å². The van der Waals surface area contributed by atoms with Gasteiger partial charge >= 0.3 is 5.97 Å². The molecule has 84 valence electrons. The van der Waals surface area contributed by atoms with Crippen molar-refractivity contribution in [2.45, 2.75) is 6.92 Å². The number of ether oxygens (including phenoxy) is 1. The van der Waals surface area contributed by atoms with E-state index >= 15 is 0 Å². The van der Waals surface area contributed by atoms with Gasteiger partial charge in [0.2, 0.25) is 0 Å². The standard InChI is InChI=1S/C12H19NO2/c1-5-11(2)8-10-13(3)9-6-7-12(14)15-4/h5-8,10-11H,1,9H2,2-4H3/b7-6+,10-8-. The van der Waals surface area contributed by atoms with Crippen molar-refractivity contribution < 1.29 is 9.53 Å². The number of esters is 1. The molecule has 1 unspecified atom stereocenters. The van der Waals surface area contributed by atoms with Gasteiger partial charge in [-0.15, -0.1) is 6.58 Å². The number of rotatable bonds is 6. The Morgan fingerprint density at radius 3 is 2.80 bits per heavy atom. The Morgan fingerprint density at radius 2 is 2.27 bits per heavy atom. The van der Waals surface area contributed by atoms with Crippen molar-refractivity contribution in [3.63, 3.8) is 0 Å². The molecule has 0 aliphatic heterocycles. The second kappa shape index (κ2) is 7.85. The van der Waals surface area contributed by atoms with E-state index in [0.717, 1.165) is 0 Å². The van der Waals surface area contributed by atoms with E-state index in [4.69, 9.17) is 0 Å². The average Bonchev–Trinajstić information content (AvgIpc) is 2.25. The van der Waals surface area contributed by atoms with Crippen molar-refractivity contribution in [1.29, 1.82) is 0 Å². The van der Waals surface area contributed by atoms with Crippen LogP contribution >= 0.6 is 0 Å². The summed E-state index contributed by atoms with van der Waals surface area (Å²) in [6, 6.07) is 0. The number of hydrogen-bond donors (Lipinski definition) is 0. The molecule has 1 atom stereocenters. The predicted octanol–water partition coefficient (Wildman–Crippen LogP) is 1.98. The minimum Gasteiger partial charge on any atom is -0.466 e. The number of likely N-dealkylation sites (N-methyl/N-ethyl adjacent to an activating group) is 1. The van der Waals surface area contributed by atoms with Gasteiger partial charge in [0, 0.05) is 19.7 Å². The highest BCUT2D eigenvalue weighted by molar-refractivity contribution is 5.81. The summed E-state index contributed by atoms with van der Waals surface area (Å²) in [5.41, 5.74) is 0. The van der Waals surface area contributed by atoms with Gasteiger partial charge in [-0.3, -0.25) is 0 Å². The first-order valence-corrected chi connectivity index (χ1v) is 4.85. The van der Waals surface area contributed by atoms with Crippen LogP contribution in [0.4, 0.5) is 0 Å². The van der Waals surface area contributed by atoms with E-state index in [9.17, 15) is 4.79 Å². The van der Waals surface area contributed by atoms with Gasteiger partial charge in [-0.1, -0.05) is 25.2 Å². The molecule has 0 fully saturated rings. The highest BCUT2D eigenvalue weighted by Crippen LogP contribution is 1.98. The normalized spacial score (nSPS) is 13.0. The molecule has 0 aromatic rings. The molecule has 3 heteroatoms. The lowest BCUT2D eigenvalue weighted by Crippen LogP contribution is -2.11. The SMILES string of the molecule is C=CC(C)/C=C\N(C)C/C=C/C(=O)OC. The molecule has 0 amide bonds. The maximum atomic E-state index is 10.7. The summed E-state index contributed by atoms with van der Waals surface area (Å²) in [6.45, 7) is 6.42. The van der Waals surface area contributed by atoms with Gasteiger partial charge in [0.15, 0.2) is 0 Å². The minimum atomic E-state index is -0.327. The maximum Gasteiger partial charge on any atom is 0.330 e. The van der Waals surface area contributed by atoms with Gasteiger partial charge in [0.25, 0.3) is 0 Å². The third kappa shape index (κ3) is 7.55. The van der Waals surface area contributed by atoms with Gasteiger partial charge in [-0.25, -0.2) is 4.79 Å². The van der Waals surface area contributed by atoms with E-state index in [0.29, 0.717) is 12.5 Å². The molecule has 0 bridgehead atoms. The molecular formula is C12H19NO2. The summed E-state index contributed by atoms with van der Waals surface area (Å²) < 4.78 is 4.47. The summed E-state index contributed by atoms with van der Waals surface area (Å²) in [5.74, 6) is 0.0314. The fourth-order valence-corrected chi connectivity index (χ4v) is 0.805. The van der Waals surface area contributed by atoms with Crippen LogP contribution in [-0.2, 0) is 9.53 Å². The van der Waals surface area contributed by atoms with E-state index < -0.39 is 0 Å². The Morgan fingerprint density at radius 1 is 1.60 bits per heavy atom. The first-order chi connectivity index (χ1) is 7.10. The molecule has 0 N–H and O–H groups in total. The third-order valence-electron chi connectivity index (χ3n) is 1.86. The number of hydrogen-bond acceptors (Lipinski definition) is 3. The smallest absolute Gasteiger partial charge is 0.330 e. The van der Waals surface area contributed by atoms with Crippen LogP contribution in [0.1, 0.15) is 6.92 Å². The minimum absolute atomic E-state index is 0.327. The lowest BCUT2D eigenvalue weighted by Gasteiger charge is -2.10. The zero-order valence-electron chi connectivity index (χ0n) is 9.64. The average molecular weight is 209 g/mol. The fourth-order valence-electron chi connectivity index (χ4n) is 0.805. The van der Waals surface area contributed by atoms with Crippen molar-refractivity contribution in [2.75, 3.05) is 20.7 Å².